The van der Waals surface area contributed by atoms with Gasteiger partial charge in [-0.3, -0.25) is 4.79 Å². The van der Waals surface area contributed by atoms with Crippen LogP contribution in [0.3, 0.4) is 0 Å². The zero-order valence-electron chi connectivity index (χ0n) is 10.2. The molecule has 0 aliphatic heterocycles. The quantitative estimate of drug-likeness (QED) is 0.818. The SMILES string of the molecule is Cc1cc(NC(=O)c2ccc(Cl)cc2)c(Cl)cc1N. The molecule has 0 aliphatic carbocycles. The van der Waals surface area contributed by atoms with Gasteiger partial charge in [-0.25, -0.2) is 0 Å². The predicted octanol–water partition coefficient (Wildman–Crippen LogP) is 4.14. The average Bonchev–Trinajstić information content (AvgIpc) is 2.36. The van der Waals surface area contributed by atoms with E-state index in [0.29, 0.717) is 27.0 Å². The fourth-order valence-corrected chi connectivity index (χ4v) is 1.93. The molecule has 0 saturated carbocycles. The molecule has 0 atom stereocenters. The molecule has 3 N–H and O–H groups in total. The summed E-state index contributed by atoms with van der Waals surface area (Å²) >= 11 is 11.8. The number of hydrogen-bond acceptors (Lipinski definition) is 2. The maximum absolute atomic E-state index is 12.0. The van der Waals surface area contributed by atoms with Crippen LogP contribution in [0, 0.1) is 6.92 Å². The van der Waals surface area contributed by atoms with E-state index in [1.165, 1.54) is 0 Å². The highest BCUT2D eigenvalue weighted by Gasteiger charge is 2.10. The predicted molar refractivity (Wildman–Crippen MR) is 80.0 cm³/mol. The Labute approximate surface area is 121 Å². The highest BCUT2D eigenvalue weighted by atomic mass is 35.5. The van der Waals surface area contributed by atoms with Gasteiger partial charge in [0.15, 0.2) is 0 Å². The van der Waals surface area contributed by atoms with Crippen LogP contribution < -0.4 is 11.1 Å². The normalized spacial score (nSPS) is 10.3. The van der Waals surface area contributed by atoms with Crippen LogP contribution >= 0.6 is 23.2 Å². The Morgan fingerprint density at radius 1 is 1.16 bits per heavy atom. The van der Waals surface area contributed by atoms with E-state index in [4.69, 9.17) is 28.9 Å². The number of halogens is 2. The number of nitrogen functional groups attached to an aromatic ring is 1. The second-order valence-electron chi connectivity index (χ2n) is 4.15. The molecule has 0 radical (unpaired) electrons. The number of anilines is 2. The summed E-state index contributed by atoms with van der Waals surface area (Å²) in [5.41, 5.74) is 8.23. The van der Waals surface area contributed by atoms with Gasteiger partial charge in [-0.2, -0.15) is 0 Å². The summed E-state index contributed by atoms with van der Waals surface area (Å²) in [5.74, 6) is -0.247. The second-order valence-corrected chi connectivity index (χ2v) is 4.99. The fraction of sp³-hybridized carbons (Fsp3) is 0.0714. The molecular weight excluding hydrogens is 283 g/mol. The van der Waals surface area contributed by atoms with Gasteiger partial charge in [-0.05, 0) is 48.9 Å². The Hall–Kier alpha value is -1.71. The summed E-state index contributed by atoms with van der Waals surface area (Å²) in [6.07, 6.45) is 0. The number of benzene rings is 2. The van der Waals surface area contributed by atoms with Gasteiger partial charge in [0.2, 0.25) is 0 Å². The van der Waals surface area contributed by atoms with Gasteiger partial charge in [-0.1, -0.05) is 23.2 Å². The number of hydrogen-bond donors (Lipinski definition) is 2. The number of aryl methyl sites for hydroxylation is 1. The van der Waals surface area contributed by atoms with E-state index in [-0.39, 0.29) is 5.91 Å². The van der Waals surface area contributed by atoms with Crippen LogP contribution in [-0.2, 0) is 0 Å². The van der Waals surface area contributed by atoms with Crippen LogP contribution in [0.15, 0.2) is 36.4 Å². The van der Waals surface area contributed by atoms with E-state index in [9.17, 15) is 4.79 Å². The van der Waals surface area contributed by atoms with Crippen molar-refractivity contribution in [3.63, 3.8) is 0 Å². The molecular formula is C14H12Cl2N2O. The molecule has 0 aromatic heterocycles. The summed E-state index contributed by atoms with van der Waals surface area (Å²) in [7, 11) is 0. The van der Waals surface area contributed by atoms with Crippen LogP contribution in [0.4, 0.5) is 11.4 Å². The van der Waals surface area contributed by atoms with Gasteiger partial charge < -0.3 is 11.1 Å². The molecule has 2 aromatic carbocycles. The van der Waals surface area contributed by atoms with E-state index in [1.54, 1.807) is 36.4 Å². The van der Waals surface area contributed by atoms with E-state index >= 15 is 0 Å². The third-order valence-electron chi connectivity index (χ3n) is 2.71. The highest BCUT2D eigenvalue weighted by Crippen LogP contribution is 2.27. The van der Waals surface area contributed by atoms with Gasteiger partial charge in [-0.15, -0.1) is 0 Å². The molecule has 0 spiro atoms. The van der Waals surface area contributed by atoms with Gasteiger partial charge in [0, 0.05) is 16.3 Å². The van der Waals surface area contributed by atoms with E-state index in [2.05, 4.69) is 5.32 Å². The monoisotopic (exact) mass is 294 g/mol. The number of nitrogens with one attached hydrogen (secondary N) is 1. The highest BCUT2D eigenvalue weighted by molar-refractivity contribution is 6.34. The van der Waals surface area contributed by atoms with Crippen molar-refractivity contribution in [1.29, 1.82) is 0 Å². The van der Waals surface area contributed by atoms with Crippen molar-refractivity contribution in [3.8, 4) is 0 Å². The van der Waals surface area contributed by atoms with Crippen LogP contribution in [0.1, 0.15) is 15.9 Å². The van der Waals surface area contributed by atoms with Crippen LogP contribution in [0.25, 0.3) is 0 Å². The molecule has 1 amide bonds. The smallest absolute Gasteiger partial charge is 0.255 e. The summed E-state index contributed by atoms with van der Waals surface area (Å²) in [5, 5.41) is 3.73. The standard InChI is InChI=1S/C14H12Cl2N2O/c1-8-6-13(11(16)7-12(8)17)18-14(19)9-2-4-10(15)5-3-9/h2-7H,17H2,1H3,(H,18,19). The van der Waals surface area contributed by atoms with Crippen molar-refractivity contribution in [2.75, 3.05) is 11.1 Å². The van der Waals surface area contributed by atoms with Crippen LogP contribution in [0.2, 0.25) is 10.0 Å². The molecule has 0 heterocycles. The molecule has 2 rings (SSSR count). The minimum absolute atomic E-state index is 0.247. The minimum Gasteiger partial charge on any atom is -0.398 e. The minimum atomic E-state index is -0.247. The lowest BCUT2D eigenvalue weighted by molar-refractivity contribution is 0.102. The molecule has 3 nitrogen and oxygen atoms in total. The van der Waals surface area contributed by atoms with Crippen molar-refractivity contribution in [1.82, 2.24) is 0 Å². The molecule has 19 heavy (non-hydrogen) atoms. The van der Waals surface area contributed by atoms with Gasteiger partial charge in [0.05, 0.1) is 10.7 Å². The molecule has 5 heteroatoms. The summed E-state index contributed by atoms with van der Waals surface area (Å²) in [6, 6.07) is 9.98. The molecule has 98 valence electrons. The first kappa shape index (κ1) is 13.7. The van der Waals surface area contributed by atoms with Gasteiger partial charge in [0.1, 0.15) is 0 Å². The van der Waals surface area contributed by atoms with Crippen molar-refractivity contribution in [3.05, 3.63) is 57.6 Å². The third kappa shape index (κ3) is 3.19. The zero-order chi connectivity index (χ0) is 14.0. The number of carbonyl (C=O) groups excluding carboxylic acids is 1. The number of rotatable bonds is 2. The van der Waals surface area contributed by atoms with Crippen molar-refractivity contribution < 1.29 is 4.79 Å². The lowest BCUT2D eigenvalue weighted by Crippen LogP contribution is -2.12. The topological polar surface area (TPSA) is 55.1 Å². The molecule has 0 unspecified atom stereocenters. The maximum Gasteiger partial charge on any atom is 0.255 e. The van der Waals surface area contributed by atoms with E-state index in [0.717, 1.165) is 5.56 Å². The third-order valence-corrected chi connectivity index (χ3v) is 3.28. The van der Waals surface area contributed by atoms with Gasteiger partial charge in [0.25, 0.3) is 5.91 Å². The Bertz CT molecular complexity index is 624. The van der Waals surface area contributed by atoms with Crippen LogP contribution in [-0.4, -0.2) is 5.91 Å². The van der Waals surface area contributed by atoms with E-state index < -0.39 is 0 Å². The van der Waals surface area contributed by atoms with Crippen molar-refractivity contribution in [2.24, 2.45) is 0 Å². The lowest BCUT2D eigenvalue weighted by atomic mass is 10.1. The maximum atomic E-state index is 12.0. The summed E-state index contributed by atoms with van der Waals surface area (Å²) in [6.45, 7) is 1.85. The Morgan fingerprint density at radius 2 is 1.79 bits per heavy atom. The molecule has 0 bridgehead atoms. The average molecular weight is 295 g/mol. The van der Waals surface area contributed by atoms with Crippen LogP contribution in [0.5, 0.6) is 0 Å². The van der Waals surface area contributed by atoms with Gasteiger partial charge >= 0.3 is 0 Å². The molecule has 2 aromatic rings. The molecule has 0 aliphatic rings. The number of carbonyl (C=O) groups is 1. The Balaban J connectivity index is 2.24. The largest absolute Gasteiger partial charge is 0.398 e. The Kier molecular flexibility index (Phi) is 3.98. The fourth-order valence-electron chi connectivity index (χ4n) is 1.59. The second kappa shape index (κ2) is 5.51. The number of nitrogens with two attached hydrogens (primary N) is 1. The number of amides is 1. The molecule has 0 saturated heterocycles. The van der Waals surface area contributed by atoms with E-state index in [1.807, 2.05) is 6.92 Å². The summed E-state index contributed by atoms with van der Waals surface area (Å²) in [4.78, 5) is 12.0. The van der Waals surface area contributed by atoms with Crippen molar-refractivity contribution in [2.45, 2.75) is 6.92 Å². The first-order valence-electron chi connectivity index (χ1n) is 5.60. The zero-order valence-corrected chi connectivity index (χ0v) is 11.7. The first-order chi connectivity index (χ1) is 8.97. The van der Waals surface area contributed by atoms with Crippen molar-refractivity contribution >= 4 is 40.5 Å². The first-order valence-corrected chi connectivity index (χ1v) is 6.35. The Morgan fingerprint density at radius 3 is 2.42 bits per heavy atom. The molecule has 0 fully saturated rings. The lowest BCUT2D eigenvalue weighted by Gasteiger charge is -2.10. The summed E-state index contributed by atoms with van der Waals surface area (Å²) < 4.78 is 0.